The molecular formula is C58H38N2O. The number of hydrogen-bond donors (Lipinski definition) is 0. The lowest BCUT2D eigenvalue weighted by Crippen LogP contribution is -2.11. The van der Waals surface area contributed by atoms with E-state index in [1.54, 1.807) is 0 Å². The van der Waals surface area contributed by atoms with Gasteiger partial charge in [-0.25, -0.2) is 0 Å². The standard InChI is InChI=1S/C58H38N2O/c1-2-16-41(17-3-1)46-19-6-10-25-53(46)59(44-33-31-40(32-34-44)43-30-29-39-15-4-5-18-42(39)37-43)45-35-36-49-47-20-7-11-26-54(47)60(56(49)38-45)55-27-12-8-21-48(55)51-23-14-24-52-50-22-9-13-28-57(50)61-58(51)52/h1-38H. The Bertz CT molecular complexity index is 3600. The molecule has 0 saturated heterocycles. The molecule has 0 atom stereocenters. The van der Waals surface area contributed by atoms with Crippen molar-refractivity contribution in [3.8, 4) is 39.1 Å². The first-order valence-electron chi connectivity index (χ1n) is 20.8. The van der Waals surface area contributed by atoms with Crippen molar-refractivity contribution in [2.24, 2.45) is 0 Å². The van der Waals surface area contributed by atoms with E-state index < -0.39 is 0 Å². The second kappa shape index (κ2) is 14.3. The van der Waals surface area contributed by atoms with Gasteiger partial charge in [-0.1, -0.05) is 176 Å². The average Bonchev–Trinajstić information content (AvgIpc) is 3.88. The third-order valence-corrected chi connectivity index (χ3v) is 12.2. The van der Waals surface area contributed by atoms with Gasteiger partial charge >= 0.3 is 0 Å². The average molecular weight is 779 g/mol. The molecule has 286 valence electrons. The number of furan rings is 1. The van der Waals surface area contributed by atoms with Crippen molar-refractivity contribution in [2.75, 3.05) is 4.90 Å². The zero-order valence-electron chi connectivity index (χ0n) is 33.2. The molecule has 3 nitrogen and oxygen atoms in total. The molecule has 12 aromatic rings. The molecule has 0 aliphatic carbocycles. The van der Waals surface area contributed by atoms with E-state index in [4.69, 9.17) is 4.42 Å². The van der Waals surface area contributed by atoms with Crippen LogP contribution < -0.4 is 4.90 Å². The monoisotopic (exact) mass is 778 g/mol. The van der Waals surface area contributed by atoms with Gasteiger partial charge in [0.05, 0.1) is 22.4 Å². The number of aromatic nitrogens is 1. The highest BCUT2D eigenvalue weighted by molar-refractivity contribution is 6.13. The number of rotatable bonds is 7. The first kappa shape index (κ1) is 34.9. The van der Waals surface area contributed by atoms with Crippen LogP contribution >= 0.6 is 0 Å². The van der Waals surface area contributed by atoms with E-state index in [-0.39, 0.29) is 0 Å². The van der Waals surface area contributed by atoms with E-state index in [9.17, 15) is 0 Å². The van der Waals surface area contributed by atoms with Gasteiger partial charge in [0.25, 0.3) is 0 Å². The molecule has 12 rings (SSSR count). The zero-order valence-corrected chi connectivity index (χ0v) is 33.2. The molecule has 2 aromatic heterocycles. The normalized spacial score (nSPS) is 11.6. The summed E-state index contributed by atoms with van der Waals surface area (Å²) < 4.78 is 9.06. The largest absolute Gasteiger partial charge is 0.455 e. The highest BCUT2D eigenvalue weighted by Gasteiger charge is 2.22. The molecule has 61 heavy (non-hydrogen) atoms. The van der Waals surface area contributed by atoms with Crippen molar-refractivity contribution in [3.63, 3.8) is 0 Å². The molecular weight excluding hydrogens is 741 g/mol. The van der Waals surface area contributed by atoms with Crippen LogP contribution in [0.5, 0.6) is 0 Å². The van der Waals surface area contributed by atoms with E-state index in [1.165, 1.54) is 38.2 Å². The Morgan fingerprint density at radius 3 is 1.87 bits per heavy atom. The molecule has 0 aliphatic heterocycles. The van der Waals surface area contributed by atoms with Crippen molar-refractivity contribution >= 4 is 71.6 Å². The first-order valence-corrected chi connectivity index (χ1v) is 20.8. The smallest absolute Gasteiger partial charge is 0.143 e. The third kappa shape index (κ3) is 5.82. The molecule has 0 N–H and O–H groups in total. The Balaban J connectivity index is 1.07. The van der Waals surface area contributed by atoms with Crippen molar-refractivity contribution < 1.29 is 4.42 Å². The Morgan fingerprint density at radius 1 is 0.344 bits per heavy atom. The molecule has 0 aliphatic rings. The van der Waals surface area contributed by atoms with Gasteiger partial charge < -0.3 is 13.9 Å². The maximum absolute atomic E-state index is 6.62. The van der Waals surface area contributed by atoms with Gasteiger partial charge in [0.15, 0.2) is 0 Å². The van der Waals surface area contributed by atoms with Crippen molar-refractivity contribution in [1.82, 2.24) is 4.57 Å². The lowest BCUT2D eigenvalue weighted by molar-refractivity contribution is 0.670. The number of benzene rings is 10. The van der Waals surface area contributed by atoms with Gasteiger partial charge in [-0.3, -0.25) is 0 Å². The maximum Gasteiger partial charge on any atom is 0.143 e. The highest BCUT2D eigenvalue weighted by Crippen LogP contribution is 2.45. The van der Waals surface area contributed by atoms with Gasteiger partial charge in [-0.2, -0.15) is 0 Å². The number of nitrogens with zero attached hydrogens (tertiary/aromatic N) is 2. The molecule has 0 unspecified atom stereocenters. The summed E-state index contributed by atoms with van der Waals surface area (Å²) in [5.74, 6) is 0. The minimum atomic E-state index is 0.894. The van der Waals surface area contributed by atoms with E-state index in [1.807, 2.05) is 6.07 Å². The summed E-state index contributed by atoms with van der Waals surface area (Å²) in [6, 6.07) is 83.0. The summed E-state index contributed by atoms with van der Waals surface area (Å²) in [5, 5.41) is 7.12. The zero-order chi connectivity index (χ0) is 40.3. The van der Waals surface area contributed by atoms with Gasteiger partial charge in [0, 0.05) is 49.6 Å². The van der Waals surface area contributed by atoms with E-state index in [0.29, 0.717) is 0 Å². The van der Waals surface area contributed by atoms with Gasteiger partial charge in [0.2, 0.25) is 0 Å². The van der Waals surface area contributed by atoms with Gasteiger partial charge in [0.1, 0.15) is 11.2 Å². The van der Waals surface area contributed by atoms with Crippen LogP contribution in [0, 0.1) is 0 Å². The van der Waals surface area contributed by atoms with Crippen LogP contribution in [0.25, 0.3) is 93.6 Å². The van der Waals surface area contributed by atoms with E-state index in [0.717, 1.165) is 72.4 Å². The lowest BCUT2D eigenvalue weighted by Gasteiger charge is -2.28. The van der Waals surface area contributed by atoms with Crippen molar-refractivity contribution in [2.45, 2.75) is 0 Å². The van der Waals surface area contributed by atoms with Crippen LogP contribution in [0.2, 0.25) is 0 Å². The highest BCUT2D eigenvalue weighted by atomic mass is 16.3. The Labute approximate surface area is 353 Å². The fraction of sp³-hybridized carbons (Fsp3) is 0. The molecule has 0 amide bonds. The maximum atomic E-state index is 6.62. The molecule has 10 aromatic carbocycles. The fourth-order valence-electron chi connectivity index (χ4n) is 9.34. The summed E-state index contributed by atoms with van der Waals surface area (Å²) in [6.45, 7) is 0. The van der Waals surface area contributed by atoms with E-state index in [2.05, 4.69) is 234 Å². The number of para-hydroxylation sites is 5. The van der Waals surface area contributed by atoms with Crippen LogP contribution in [0.3, 0.4) is 0 Å². The summed E-state index contributed by atoms with van der Waals surface area (Å²) in [4.78, 5) is 2.41. The SMILES string of the molecule is c1ccc(-c2ccccc2N(c2ccc(-c3ccc4ccccc4c3)cc2)c2ccc3c4ccccc4n(-c4ccccc4-c4cccc5c4oc4ccccc45)c3c2)cc1. The Kier molecular flexibility index (Phi) is 8.17. The second-order valence-electron chi connectivity index (χ2n) is 15.7. The predicted molar refractivity (Wildman–Crippen MR) is 257 cm³/mol. The number of anilines is 3. The van der Waals surface area contributed by atoms with Crippen LogP contribution in [0.1, 0.15) is 0 Å². The van der Waals surface area contributed by atoms with Gasteiger partial charge in [-0.15, -0.1) is 0 Å². The fourth-order valence-corrected chi connectivity index (χ4v) is 9.34. The van der Waals surface area contributed by atoms with Crippen LogP contribution in [0.4, 0.5) is 17.1 Å². The lowest BCUT2D eigenvalue weighted by atomic mass is 9.99. The number of hydrogen-bond acceptors (Lipinski definition) is 2. The molecule has 3 heteroatoms. The predicted octanol–water partition coefficient (Wildman–Crippen LogP) is 16.3. The summed E-state index contributed by atoms with van der Waals surface area (Å²) >= 11 is 0. The van der Waals surface area contributed by atoms with E-state index >= 15 is 0 Å². The molecule has 2 heterocycles. The molecule has 0 radical (unpaired) electrons. The van der Waals surface area contributed by atoms with Crippen LogP contribution in [-0.4, -0.2) is 4.57 Å². The Morgan fingerprint density at radius 2 is 0.984 bits per heavy atom. The third-order valence-electron chi connectivity index (χ3n) is 12.2. The minimum Gasteiger partial charge on any atom is -0.455 e. The molecule has 0 saturated carbocycles. The summed E-state index contributed by atoms with van der Waals surface area (Å²) in [7, 11) is 0. The molecule has 0 spiro atoms. The first-order chi connectivity index (χ1) is 30.3. The Hall–Kier alpha value is -8.14. The van der Waals surface area contributed by atoms with Crippen LogP contribution in [0.15, 0.2) is 235 Å². The minimum absolute atomic E-state index is 0.894. The molecule has 0 bridgehead atoms. The van der Waals surface area contributed by atoms with Crippen LogP contribution in [-0.2, 0) is 0 Å². The molecule has 0 fully saturated rings. The summed E-state index contributed by atoms with van der Waals surface area (Å²) in [5.41, 5.74) is 15.3. The second-order valence-corrected chi connectivity index (χ2v) is 15.7. The summed E-state index contributed by atoms with van der Waals surface area (Å²) in [6.07, 6.45) is 0. The quantitative estimate of drug-likeness (QED) is 0.161. The van der Waals surface area contributed by atoms with Crippen molar-refractivity contribution in [3.05, 3.63) is 231 Å². The topological polar surface area (TPSA) is 21.3 Å². The van der Waals surface area contributed by atoms with Crippen molar-refractivity contribution in [1.29, 1.82) is 0 Å². The van der Waals surface area contributed by atoms with Gasteiger partial charge in [-0.05, 0) is 82.1 Å². The number of fused-ring (bicyclic) bond motifs is 7.